The lowest BCUT2D eigenvalue weighted by Gasteiger charge is -2.46. The molecular weight excluding hydrogens is 310 g/mol. The molecule has 4 aliphatic rings. The van der Waals surface area contributed by atoms with Crippen LogP contribution >= 0.6 is 0 Å². The molecule has 6 atom stereocenters. The van der Waals surface area contributed by atoms with E-state index in [9.17, 15) is 5.11 Å². The van der Waals surface area contributed by atoms with E-state index < -0.39 is 6.10 Å². The van der Waals surface area contributed by atoms with Crippen LogP contribution in [-0.4, -0.2) is 67.8 Å². The average Bonchev–Trinajstić information content (AvgIpc) is 3.22. The van der Waals surface area contributed by atoms with Gasteiger partial charge in [-0.05, 0) is 29.7 Å². The number of aliphatic hydroxyl groups excluding tert-OH is 1. The summed E-state index contributed by atoms with van der Waals surface area (Å²) in [6.45, 7) is 1.85. The number of epoxide rings is 1. The molecule has 5 rings (SSSR count). The molecule has 24 heavy (non-hydrogen) atoms. The van der Waals surface area contributed by atoms with Crippen molar-refractivity contribution in [1.29, 1.82) is 0 Å². The second-order valence-electron chi connectivity index (χ2n) is 7.28. The molecule has 3 fully saturated rings. The van der Waals surface area contributed by atoms with Crippen molar-refractivity contribution in [3.05, 3.63) is 23.3 Å². The van der Waals surface area contributed by atoms with Crippen molar-refractivity contribution in [2.75, 3.05) is 27.9 Å². The Morgan fingerprint density at radius 3 is 2.67 bits per heavy atom. The number of rotatable bonds is 3. The Hall–Kier alpha value is -1.34. The molecule has 1 N–H and O–H groups in total. The minimum atomic E-state index is -0.585. The van der Waals surface area contributed by atoms with Crippen molar-refractivity contribution in [3.8, 4) is 11.5 Å². The van der Waals surface area contributed by atoms with Crippen molar-refractivity contribution >= 4 is 0 Å². The monoisotopic (exact) mass is 333 g/mol. The SMILES string of the molecule is COc1cc2c(cc1OC)C1C(O)C(OC)C3OC34CCN(C2)C14. The van der Waals surface area contributed by atoms with E-state index in [4.69, 9.17) is 18.9 Å². The lowest BCUT2D eigenvalue weighted by Crippen LogP contribution is -2.58. The molecule has 0 radical (unpaired) electrons. The van der Waals surface area contributed by atoms with E-state index in [2.05, 4.69) is 4.90 Å². The van der Waals surface area contributed by atoms with Gasteiger partial charge in [-0.15, -0.1) is 0 Å². The first-order valence-corrected chi connectivity index (χ1v) is 8.52. The second-order valence-corrected chi connectivity index (χ2v) is 7.28. The lowest BCUT2D eigenvalue weighted by atomic mass is 9.68. The van der Waals surface area contributed by atoms with Gasteiger partial charge in [-0.1, -0.05) is 0 Å². The standard InChI is InChI=1S/C18H23NO5/c1-21-11-6-9-8-19-5-4-18-16(19)13(10(9)7-12(11)22-2)14(20)15(23-3)17(18)24-18/h6-7,13-17,20H,4-5,8H2,1-3H3. The van der Waals surface area contributed by atoms with Gasteiger partial charge in [0.05, 0.1) is 26.4 Å². The van der Waals surface area contributed by atoms with E-state index in [1.807, 2.05) is 12.1 Å². The van der Waals surface area contributed by atoms with Crippen molar-refractivity contribution in [1.82, 2.24) is 4.90 Å². The number of hydrogen-bond acceptors (Lipinski definition) is 6. The van der Waals surface area contributed by atoms with E-state index in [0.29, 0.717) is 5.75 Å². The Morgan fingerprint density at radius 1 is 1.21 bits per heavy atom. The molecule has 2 saturated heterocycles. The molecule has 1 aromatic carbocycles. The molecule has 3 aliphatic heterocycles. The lowest BCUT2D eigenvalue weighted by molar-refractivity contribution is -0.0647. The second kappa shape index (κ2) is 4.85. The van der Waals surface area contributed by atoms with Crippen LogP contribution in [0.3, 0.4) is 0 Å². The number of nitrogens with zero attached hydrogens (tertiary/aromatic N) is 1. The Labute approximate surface area is 141 Å². The van der Waals surface area contributed by atoms with E-state index in [0.717, 1.165) is 30.8 Å². The molecule has 1 aliphatic carbocycles. The van der Waals surface area contributed by atoms with Crippen LogP contribution in [-0.2, 0) is 16.0 Å². The maximum atomic E-state index is 11.1. The van der Waals surface area contributed by atoms with E-state index in [1.165, 1.54) is 5.56 Å². The predicted octanol–water partition coefficient (Wildman–Crippen LogP) is 0.902. The number of benzene rings is 1. The Morgan fingerprint density at radius 2 is 1.96 bits per heavy atom. The fraction of sp³-hybridized carbons (Fsp3) is 0.667. The Kier molecular flexibility index (Phi) is 3.02. The first-order chi connectivity index (χ1) is 11.6. The zero-order chi connectivity index (χ0) is 16.6. The molecule has 1 spiro atoms. The highest BCUT2D eigenvalue weighted by molar-refractivity contribution is 5.52. The third-order valence-corrected chi connectivity index (χ3v) is 6.45. The topological polar surface area (TPSA) is 63.7 Å². The van der Waals surface area contributed by atoms with Crippen molar-refractivity contribution < 1.29 is 24.1 Å². The highest BCUT2D eigenvalue weighted by Gasteiger charge is 2.75. The molecular formula is C18H23NO5. The zero-order valence-electron chi connectivity index (χ0n) is 14.2. The van der Waals surface area contributed by atoms with Gasteiger partial charge in [0.25, 0.3) is 0 Å². The summed E-state index contributed by atoms with van der Waals surface area (Å²) < 4.78 is 22.7. The van der Waals surface area contributed by atoms with E-state index >= 15 is 0 Å². The summed E-state index contributed by atoms with van der Waals surface area (Å²) in [6, 6.07) is 4.29. The minimum Gasteiger partial charge on any atom is -0.493 e. The highest BCUT2D eigenvalue weighted by Crippen LogP contribution is 2.62. The Balaban J connectivity index is 1.66. The van der Waals surface area contributed by atoms with Gasteiger partial charge in [0, 0.05) is 26.1 Å². The van der Waals surface area contributed by atoms with Gasteiger partial charge in [-0.3, -0.25) is 4.90 Å². The third kappa shape index (κ3) is 1.65. The molecule has 0 amide bonds. The van der Waals surface area contributed by atoms with Crippen molar-refractivity contribution in [2.24, 2.45) is 0 Å². The summed E-state index contributed by atoms with van der Waals surface area (Å²) in [5.41, 5.74) is 2.19. The Bertz CT molecular complexity index is 694. The molecule has 0 bridgehead atoms. The van der Waals surface area contributed by atoms with Crippen LogP contribution in [0.5, 0.6) is 11.5 Å². The van der Waals surface area contributed by atoms with Crippen LogP contribution in [0.1, 0.15) is 23.5 Å². The van der Waals surface area contributed by atoms with Gasteiger partial charge in [0.2, 0.25) is 0 Å². The van der Waals surface area contributed by atoms with Crippen LogP contribution in [0.25, 0.3) is 0 Å². The maximum absolute atomic E-state index is 11.1. The summed E-state index contributed by atoms with van der Waals surface area (Å²) in [5.74, 6) is 1.41. The first kappa shape index (κ1) is 15.0. The molecule has 1 saturated carbocycles. The predicted molar refractivity (Wildman–Crippen MR) is 85.5 cm³/mol. The molecule has 1 aromatic rings. The highest BCUT2D eigenvalue weighted by atomic mass is 16.6. The van der Waals surface area contributed by atoms with Crippen LogP contribution in [0.4, 0.5) is 0 Å². The van der Waals surface area contributed by atoms with Gasteiger partial charge in [0.1, 0.15) is 17.8 Å². The summed E-state index contributed by atoms with van der Waals surface area (Å²) in [5, 5.41) is 11.1. The largest absolute Gasteiger partial charge is 0.493 e. The van der Waals surface area contributed by atoms with Crippen LogP contribution in [0.15, 0.2) is 12.1 Å². The third-order valence-electron chi connectivity index (χ3n) is 6.45. The summed E-state index contributed by atoms with van der Waals surface area (Å²) in [6.07, 6.45) is 0.169. The van der Waals surface area contributed by atoms with Gasteiger partial charge < -0.3 is 24.1 Å². The summed E-state index contributed by atoms with van der Waals surface area (Å²) >= 11 is 0. The number of ether oxygens (including phenoxy) is 4. The molecule has 6 unspecified atom stereocenters. The molecule has 3 heterocycles. The normalized spacial score (nSPS) is 42.1. The fourth-order valence-electron chi connectivity index (χ4n) is 5.40. The van der Waals surface area contributed by atoms with E-state index in [-0.39, 0.29) is 29.8 Å². The number of methoxy groups -OCH3 is 3. The zero-order valence-corrected chi connectivity index (χ0v) is 14.2. The molecule has 6 nitrogen and oxygen atoms in total. The van der Waals surface area contributed by atoms with E-state index in [1.54, 1.807) is 21.3 Å². The number of fused-ring (bicyclic) bond motifs is 2. The molecule has 6 heteroatoms. The quantitative estimate of drug-likeness (QED) is 0.830. The minimum absolute atomic E-state index is 0.0189. The molecule has 0 aromatic heterocycles. The summed E-state index contributed by atoms with van der Waals surface area (Å²) in [4.78, 5) is 2.45. The van der Waals surface area contributed by atoms with Gasteiger partial charge in [-0.2, -0.15) is 0 Å². The first-order valence-electron chi connectivity index (χ1n) is 8.52. The smallest absolute Gasteiger partial charge is 0.161 e. The van der Waals surface area contributed by atoms with Gasteiger partial charge in [0.15, 0.2) is 11.5 Å². The number of hydrogen-bond donors (Lipinski definition) is 1. The van der Waals surface area contributed by atoms with Crippen LogP contribution < -0.4 is 9.47 Å². The van der Waals surface area contributed by atoms with Crippen LogP contribution in [0, 0.1) is 0 Å². The maximum Gasteiger partial charge on any atom is 0.161 e. The summed E-state index contributed by atoms with van der Waals surface area (Å²) in [7, 11) is 4.96. The fourth-order valence-corrected chi connectivity index (χ4v) is 5.40. The van der Waals surface area contributed by atoms with Gasteiger partial charge in [-0.25, -0.2) is 0 Å². The average molecular weight is 333 g/mol. The number of aliphatic hydroxyl groups is 1. The van der Waals surface area contributed by atoms with Crippen LogP contribution in [0.2, 0.25) is 0 Å². The van der Waals surface area contributed by atoms with Crippen molar-refractivity contribution in [3.63, 3.8) is 0 Å². The van der Waals surface area contributed by atoms with Crippen molar-refractivity contribution in [2.45, 2.75) is 48.8 Å². The van der Waals surface area contributed by atoms with Gasteiger partial charge >= 0.3 is 0 Å². The molecule has 130 valence electrons.